The molecular weight excluding hydrogens is 565 g/mol. The number of likely N-dealkylation sites (tertiary alicyclic amines) is 1. The highest BCUT2D eigenvalue weighted by Crippen LogP contribution is 2.45. The summed E-state index contributed by atoms with van der Waals surface area (Å²) in [6, 6.07) is 13.7. The molecule has 9 heteroatoms. The second-order valence-corrected chi connectivity index (χ2v) is 15.5. The Morgan fingerprint density at radius 2 is 1.70 bits per heavy atom. The first-order valence-corrected chi connectivity index (χ1v) is 18.4. The number of ether oxygens (including phenoxy) is 1. The van der Waals surface area contributed by atoms with E-state index in [0.717, 1.165) is 35.9 Å². The topological polar surface area (TPSA) is 70.5 Å². The molecule has 2 saturated heterocycles. The number of benzene rings is 2. The Bertz CT molecular complexity index is 1640. The molecule has 4 aromatic rings. The molecule has 2 aromatic carbocycles. The SMILES string of the molecule is CNc1cc(Nc2ncc(P(C)C)c(-c3cn(C4CC4)c4ccccc34)n2)c(OC)cc1N1CCC2(CCN(C)CC2)CC1. The van der Waals surface area contributed by atoms with Crippen LogP contribution >= 0.6 is 7.92 Å². The highest BCUT2D eigenvalue weighted by atomic mass is 31.1. The molecule has 8 nitrogen and oxygen atoms in total. The molecule has 2 aromatic heterocycles. The number of hydrogen-bond donors (Lipinski definition) is 2. The summed E-state index contributed by atoms with van der Waals surface area (Å²) in [7, 11) is 5.60. The van der Waals surface area contributed by atoms with Crippen LogP contribution in [0.2, 0.25) is 0 Å². The maximum atomic E-state index is 5.96. The number of rotatable bonds is 8. The van der Waals surface area contributed by atoms with Crippen LogP contribution in [0.3, 0.4) is 0 Å². The summed E-state index contributed by atoms with van der Waals surface area (Å²) in [5.74, 6) is 1.38. The molecule has 0 amide bonds. The summed E-state index contributed by atoms with van der Waals surface area (Å²) < 4.78 is 8.41. The van der Waals surface area contributed by atoms with Crippen LogP contribution < -0.4 is 25.6 Å². The van der Waals surface area contributed by atoms with E-state index in [1.165, 1.54) is 79.1 Å². The quantitative estimate of drug-likeness (QED) is 0.210. The Morgan fingerprint density at radius 3 is 2.39 bits per heavy atom. The zero-order valence-corrected chi connectivity index (χ0v) is 27.8. The summed E-state index contributed by atoms with van der Waals surface area (Å²) in [5.41, 5.74) is 7.16. The van der Waals surface area contributed by atoms with E-state index in [-0.39, 0.29) is 0 Å². The zero-order chi connectivity index (χ0) is 30.4. The fraction of sp³-hybridized carbons (Fsp3) is 0.486. The summed E-state index contributed by atoms with van der Waals surface area (Å²) >= 11 is 0. The van der Waals surface area contributed by atoms with Gasteiger partial charge >= 0.3 is 0 Å². The Morgan fingerprint density at radius 1 is 0.977 bits per heavy atom. The predicted molar refractivity (Wildman–Crippen MR) is 186 cm³/mol. The van der Waals surface area contributed by atoms with Gasteiger partial charge in [0.05, 0.1) is 29.9 Å². The number of anilines is 4. The molecule has 232 valence electrons. The van der Waals surface area contributed by atoms with Crippen LogP contribution in [0.1, 0.15) is 44.6 Å². The molecule has 3 aliphatic rings. The smallest absolute Gasteiger partial charge is 0.227 e. The van der Waals surface area contributed by atoms with Gasteiger partial charge in [0, 0.05) is 66.4 Å². The van der Waals surface area contributed by atoms with Crippen LogP contribution in [0.4, 0.5) is 23.0 Å². The Kier molecular flexibility index (Phi) is 7.92. The molecule has 2 N–H and O–H groups in total. The molecule has 1 saturated carbocycles. The van der Waals surface area contributed by atoms with Gasteiger partial charge in [0.15, 0.2) is 0 Å². The third-order valence-corrected chi connectivity index (χ3v) is 11.5. The van der Waals surface area contributed by atoms with Gasteiger partial charge in [-0.15, -0.1) is 0 Å². The minimum absolute atomic E-state index is 0.401. The normalized spacial score (nSPS) is 18.7. The van der Waals surface area contributed by atoms with Gasteiger partial charge in [0.1, 0.15) is 5.75 Å². The fourth-order valence-corrected chi connectivity index (χ4v) is 8.12. The van der Waals surface area contributed by atoms with Gasteiger partial charge in [0.2, 0.25) is 5.95 Å². The molecule has 0 unspecified atom stereocenters. The third kappa shape index (κ3) is 5.52. The van der Waals surface area contributed by atoms with Crippen molar-refractivity contribution in [3.63, 3.8) is 0 Å². The first-order chi connectivity index (χ1) is 21.4. The fourth-order valence-electron chi connectivity index (χ4n) is 7.24. The second-order valence-electron chi connectivity index (χ2n) is 13.3. The lowest BCUT2D eigenvalue weighted by Crippen LogP contribution is -2.46. The summed E-state index contributed by atoms with van der Waals surface area (Å²) in [6.45, 7) is 9.16. The monoisotopic (exact) mass is 611 g/mol. The number of methoxy groups -OCH3 is 1. The summed E-state index contributed by atoms with van der Waals surface area (Å²) in [5, 5.41) is 9.47. The molecule has 2 aliphatic heterocycles. The molecule has 0 bridgehead atoms. The number of aromatic nitrogens is 3. The molecule has 0 atom stereocenters. The minimum Gasteiger partial charge on any atom is -0.494 e. The molecule has 1 spiro atoms. The molecule has 44 heavy (non-hydrogen) atoms. The van der Waals surface area contributed by atoms with Crippen molar-refractivity contribution in [2.24, 2.45) is 5.41 Å². The van der Waals surface area contributed by atoms with Gasteiger partial charge in [-0.3, -0.25) is 0 Å². The van der Waals surface area contributed by atoms with Gasteiger partial charge in [-0.05, 0) is 89.5 Å². The first-order valence-electron chi connectivity index (χ1n) is 16.1. The van der Waals surface area contributed by atoms with Crippen molar-refractivity contribution in [3.8, 4) is 17.0 Å². The summed E-state index contributed by atoms with van der Waals surface area (Å²) in [4.78, 5) is 15.0. The van der Waals surface area contributed by atoms with Crippen molar-refractivity contribution in [2.45, 2.75) is 44.6 Å². The highest BCUT2D eigenvalue weighted by Gasteiger charge is 2.37. The van der Waals surface area contributed by atoms with Crippen molar-refractivity contribution in [3.05, 3.63) is 48.8 Å². The van der Waals surface area contributed by atoms with Gasteiger partial charge in [-0.25, -0.2) is 9.97 Å². The number of fused-ring (bicyclic) bond motifs is 1. The van der Waals surface area contributed by atoms with Crippen molar-refractivity contribution in [2.75, 3.05) is 76.2 Å². The molecule has 1 aliphatic carbocycles. The maximum Gasteiger partial charge on any atom is 0.227 e. The van der Waals surface area contributed by atoms with E-state index >= 15 is 0 Å². The van der Waals surface area contributed by atoms with Crippen LogP contribution in [0.5, 0.6) is 5.75 Å². The van der Waals surface area contributed by atoms with Gasteiger partial charge in [-0.2, -0.15) is 0 Å². The average molecular weight is 612 g/mol. The van der Waals surface area contributed by atoms with E-state index in [9.17, 15) is 0 Å². The Hall–Kier alpha value is -3.35. The number of hydrogen-bond acceptors (Lipinski definition) is 7. The van der Waals surface area contributed by atoms with Gasteiger partial charge in [-0.1, -0.05) is 26.1 Å². The van der Waals surface area contributed by atoms with E-state index in [2.05, 4.69) is 88.0 Å². The van der Waals surface area contributed by atoms with E-state index in [4.69, 9.17) is 14.7 Å². The van der Waals surface area contributed by atoms with Crippen LogP contribution in [0.15, 0.2) is 48.8 Å². The standard InChI is InChI=1S/C35H46N7OP/c1-36-27-20-28(31(43-3)21-30(27)41-18-14-35(15-19-41)12-16-40(2)17-13-35)38-34-37-22-32(44(4)5)33(39-34)26-23-42(24-10-11-24)29-9-7-6-8-25(26)29/h6-9,20-24,36H,10-19H2,1-5H3,(H,37,38,39). The number of piperidine rings is 2. The molecule has 7 rings (SSSR count). The first kappa shape index (κ1) is 29.4. The van der Waals surface area contributed by atoms with Crippen LogP contribution in [0, 0.1) is 5.41 Å². The number of nitrogens with zero attached hydrogens (tertiary/aromatic N) is 5. The molecule has 3 fully saturated rings. The van der Waals surface area contributed by atoms with Crippen molar-refractivity contribution in [1.82, 2.24) is 19.4 Å². The van der Waals surface area contributed by atoms with E-state index in [1.807, 2.05) is 13.2 Å². The lowest BCUT2D eigenvalue weighted by Gasteiger charge is -2.47. The van der Waals surface area contributed by atoms with E-state index in [1.54, 1.807) is 7.11 Å². The van der Waals surface area contributed by atoms with E-state index < -0.39 is 7.92 Å². The average Bonchev–Trinajstić information content (AvgIpc) is 3.82. The second kappa shape index (κ2) is 11.9. The molecular formula is C35H46N7OP. The Labute approximate surface area is 263 Å². The van der Waals surface area contributed by atoms with Crippen LogP contribution in [-0.4, -0.2) is 80.1 Å². The zero-order valence-electron chi connectivity index (χ0n) is 26.9. The lowest BCUT2D eigenvalue weighted by atomic mass is 9.71. The minimum atomic E-state index is -0.401. The summed E-state index contributed by atoms with van der Waals surface area (Å²) in [6.07, 6.45) is 12.0. The maximum absolute atomic E-state index is 5.96. The Balaban J connectivity index is 1.19. The van der Waals surface area contributed by atoms with Crippen molar-refractivity contribution in [1.29, 1.82) is 0 Å². The molecule has 0 radical (unpaired) electrons. The van der Waals surface area contributed by atoms with Crippen LogP contribution in [0.25, 0.3) is 22.2 Å². The van der Waals surface area contributed by atoms with Gasteiger partial charge in [0.25, 0.3) is 0 Å². The number of nitrogens with one attached hydrogen (secondary N) is 2. The van der Waals surface area contributed by atoms with Crippen molar-refractivity contribution >= 4 is 47.1 Å². The lowest BCUT2D eigenvalue weighted by molar-refractivity contribution is 0.0945. The van der Waals surface area contributed by atoms with Crippen molar-refractivity contribution < 1.29 is 4.74 Å². The highest BCUT2D eigenvalue weighted by molar-refractivity contribution is 7.64. The van der Waals surface area contributed by atoms with E-state index in [0.29, 0.717) is 17.4 Å². The van der Waals surface area contributed by atoms with Gasteiger partial charge < -0.3 is 29.7 Å². The molecule has 4 heterocycles. The van der Waals surface area contributed by atoms with Crippen LogP contribution in [-0.2, 0) is 0 Å². The number of para-hydroxylation sites is 1. The predicted octanol–water partition coefficient (Wildman–Crippen LogP) is 6.91. The largest absolute Gasteiger partial charge is 0.494 e. The third-order valence-electron chi connectivity index (χ3n) is 10.2.